The van der Waals surface area contributed by atoms with Gasteiger partial charge in [-0.1, -0.05) is 18.2 Å². The van der Waals surface area contributed by atoms with Gasteiger partial charge in [0.15, 0.2) is 0 Å². The molecule has 0 bridgehead atoms. The molecule has 0 spiro atoms. The molecule has 0 aliphatic carbocycles. The molecule has 2 heterocycles. The van der Waals surface area contributed by atoms with Crippen molar-refractivity contribution in [3.05, 3.63) is 29.8 Å². The first-order chi connectivity index (χ1) is 10.1. The third-order valence-corrected chi connectivity index (χ3v) is 4.51. The van der Waals surface area contributed by atoms with Crippen LogP contribution in [0.5, 0.6) is 5.75 Å². The number of amides is 1. The number of hydrogen-bond donors (Lipinski definition) is 1. The van der Waals surface area contributed by atoms with Crippen molar-refractivity contribution in [2.75, 3.05) is 13.2 Å². The second-order valence-corrected chi connectivity index (χ2v) is 5.84. The molecule has 2 aliphatic rings. The van der Waals surface area contributed by atoms with Crippen LogP contribution in [0.4, 0.5) is 0 Å². The monoisotopic (exact) mass is 289 g/mol. The van der Waals surface area contributed by atoms with Crippen LogP contribution < -0.4 is 4.74 Å². The van der Waals surface area contributed by atoms with Gasteiger partial charge in [0.2, 0.25) is 5.91 Å². The molecule has 21 heavy (non-hydrogen) atoms. The maximum Gasteiger partial charge on any atom is 0.306 e. The topological polar surface area (TPSA) is 66.8 Å². The Balaban J connectivity index is 1.74. The van der Waals surface area contributed by atoms with E-state index in [4.69, 9.17) is 9.84 Å². The van der Waals surface area contributed by atoms with Gasteiger partial charge >= 0.3 is 5.97 Å². The Morgan fingerprint density at radius 3 is 2.81 bits per heavy atom. The summed E-state index contributed by atoms with van der Waals surface area (Å²) < 4.78 is 5.58. The SMILES string of the molecule is CC1CC(C(=O)O)CCN1C(=O)C1COc2ccccc21. The van der Waals surface area contributed by atoms with Gasteiger partial charge < -0.3 is 14.7 Å². The summed E-state index contributed by atoms with van der Waals surface area (Å²) in [5.41, 5.74) is 0.940. The fraction of sp³-hybridized carbons (Fsp3) is 0.500. The van der Waals surface area contributed by atoms with E-state index in [9.17, 15) is 9.59 Å². The highest BCUT2D eigenvalue weighted by atomic mass is 16.5. The lowest BCUT2D eigenvalue weighted by Crippen LogP contribution is -2.48. The van der Waals surface area contributed by atoms with Gasteiger partial charge in [-0.05, 0) is 25.8 Å². The van der Waals surface area contributed by atoms with Gasteiger partial charge in [0.1, 0.15) is 18.3 Å². The quantitative estimate of drug-likeness (QED) is 0.902. The fourth-order valence-electron chi connectivity index (χ4n) is 3.29. The number of ether oxygens (including phenoxy) is 1. The molecule has 112 valence electrons. The molecule has 1 aromatic carbocycles. The van der Waals surface area contributed by atoms with Crippen LogP contribution in [-0.2, 0) is 9.59 Å². The summed E-state index contributed by atoms with van der Waals surface area (Å²) in [6.07, 6.45) is 1.05. The predicted molar refractivity (Wildman–Crippen MR) is 76.2 cm³/mol. The van der Waals surface area contributed by atoms with Crippen molar-refractivity contribution in [3.63, 3.8) is 0 Å². The van der Waals surface area contributed by atoms with E-state index in [1.54, 1.807) is 0 Å². The van der Waals surface area contributed by atoms with Crippen LogP contribution in [-0.4, -0.2) is 41.1 Å². The number of carboxylic acid groups (broad SMARTS) is 1. The molecule has 2 aliphatic heterocycles. The average Bonchev–Trinajstić information content (AvgIpc) is 2.90. The van der Waals surface area contributed by atoms with Gasteiger partial charge in [-0.15, -0.1) is 0 Å². The summed E-state index contributed by atoms with van der Waals surface area (Å²) in [7, 11) is 0. The van der Waals surface area contributed by atoms with E-state index in [1.807, 2.05) is 36.1 Å². The molecule has 3 atom stereocenters. The highest BCUT2D eigenvalue weighted by molar-refractivity contribution is 5.86. The molecule has 0 saturated carbocycles. The van der Waals surface area contributed by atoms with Gasteiger partial charge in [0.05, 0.1) is 5.92 Å². The minimum absolute atomic E-state index is 0.0416. The molecule has 5 heteroatoms. The Kier molecular flexibility index (Phi) is 3.57. The fourth-order valence-corrected chi connectivity index (χ4v) is 3.29. The molecule has 0 radical (unpaired) electrons. The second-order valence-electron chi connectivity index (χ2n) is 5.84. The summed E-state index contributed by atoms with van der Waals surface area (Å²) >= 11 is 0. The lowest BCUT2D eigenvalue weighted by atomic mass is 9.90. The highest BCUT2D eigenvalue weighted by Crippen LogP contribution is 2.36. The number of piperidine rings is 1. The first-order valence-corrected chi connectivity index (χ1v) is 7.33. The van der Waals surface area contributed by atoms with Crippen molar-refractivity contribution in [3.8, 4) is 5.75 Å². The normalized spacial score (nSPS) is 27.9. The second kappa shape index (κ2) is 5.39. The van der Waals surface area contributed by atoms with Crippen molar-refractivity contribution in [1.82, 2.24) is 4.90 Å². The number of aliphatic carboxylic acids is 1. The average molecular weight is 289 g/mol. The van der Waals surface area contributed by atoms with Gasteiger partial charge in [-0.2, -0.15) is 0 Å². The molecule has 1 fully saturated rings. The number of hydrogen-bond acceptors (Lipinski definition) is 3. The first-order valence-electron chi connectivity index (χ1n) is 7.33. The van der Waals surface area contributed by atoms with Crippen LogP contribution in [0, 0.1) is 5.92 Å². The van der Waals surface area contributed by atoms with Gasteiger partial charge in [0, 0.05) is 18.2 Å². The van der Waals surface area contributed by atoms with Crippen LogP contribution in [0.2, 0.25) is 0 Å². The Labute approximate surface area is 123 Å². The number of para-hydroxylation sites is 1. The first kappa shape index (κ1) is 13.9. The molecule has 1 aromatic rings. The number of carbonyl (C=O) groups is 2. The van der Waals surface area contributed by atoms with E-state index in [2.05, 4.69) is 0 Å². The maximum absolute atomic E-state index is 12.7. The van der Waals surface area contributed by atoms with E-state index in [0.717, 1.165) is 11.3 Å². The van der Waals surface area contributed by atoms with Crippen molar-refractivity contribution in [1.29, 1.82) is 0 Å². The molecular weight excluding hydrogens is 270 g/mol. The predicted octanol–water partition coefficient (Wildman–Crippen LogP) is 1.87. The molecule has 0 aromatic heterocycles. The summed E-state index contributed by atoms with van der Waals surface area (Å²) in [5.74, 6) is -0.523. The van der Waals surface area contributed by atoms with Crippen molar-refractivity contribution < 1.29 is 19.4 Å². The lowest BCUT2D eigenvalue weighted by Gasteiger charge is -2.37. The number of benzene rings is 1. The largest absolute Gasteiger partial charge is 0.492 e. The van der Waals surface area contributed by atoms with Crippen molar-refractivity contribution in [2.45, 2.75) is 31.7 Å². The van der Waals surface area contributed by atoms with Crippen molar-refractivity contribution >= 4 is 11.9 Å². The Morgan fingerprint density at radius 1 is 1.33 bits per heavy atom. The van der Waals surface area contributed by atoms with E-state index in [-0.39, 0.29) is 23.8 Å². The molecule has 1 amide bonds. The van der Waals surface area contributed by atoms with Crippen LogP contribution in [0.25, 0.3) is 0 Å². The van der Waals surface area contributed by atoms with Crippen LogP contribution >= 0.6 is 0 Å². The summed E-state index contributed by atoms with van der Waals surface area (Å²) in [4.78, 5) is 25.6. The Hall–Kier alpha value is -2.04. The third kappa shape index (κ3) is 2.48. The number of nitrogens with zero attached hydrogens (tertiary/aromatic N) is 1. The highest BCUT2D eigenvalue weighted by Gasteiger charge is 2.38. The zero-order valence-electron chi connectivity index (χ0n) is 12.0. The zero-order chi connectivity index (χ0) is 15.0. The van der Waals surface area contributed by atoms with Crippen LogP contribution in [0.15, 0.2) is 24.3 Å². The zero-order valence-corrected chi connectivity index (χ0v) is 12.0. The van der Waals surface area contributed by atoms with E-state index in [0.29, 0.717) is 26.0 Å². The molecule has 1 N–H and O–H groups in total. The number of rotatable bonds is 2. The van der Waals surface area contributed by atoms with E-state index < -0.39 is 5.97 Å². The number of likely N-dealkylation sites (tertiary alicyclic amines) is 1. The maximum atomic E-state index is 12.7. The van der Waals surface area contributed by atoms with Gasteiger partial charge in [0.25, 0.3) is 0 Å². The standard InChI is InChI=1S/C16H19NO4/c1-10-8-11(16(19)20)6-7-17(10)15(18)13-9-21-14-5-3-2-4-12(13)14/h2-5,10-11,13H,6-9H2,1H3,(H,19,20). The number of fused-ring (bicyclic) bond motifs is 1. The number of carbonyl (C=O) groups excluding carboxylic acids is 1. The Bertz CT molecular complexity index is 571. The van der Waals surface area contributed by atoms with Crippen LogP contribution in [0.3, 0.4) is 0 Å². The summed E-state index contributed by atoms with van der Waals surface area (Å²) in [5, 5.41) is 9.10. The summed E-state index contributed by atoms with van der Waals surface area (Å²) in [6.45, 7) is 2.81. The lowest BCUT2D eigenvalue weighted by molar-refractivity contribution is -0.148. The number of carboxylic acids is 1. The molecule has 3 rings (SSSR count). The van der Waals surface area contributed by atoms with Crippen LogP contribution in [0.1, 0.15) is 31.2 Å². The molecule has 3 unspecified atom stereocenters. The summed E-state index contributed by atoms with van der Waals surface area (Å²) in [6, 6.07) is 7.57. The molecule has 5 nitrogen and oxygen atoms in total. The van der Waals surface area contributed by atoms with E-state index in [1.165, 1.54) is 0 Å². The third-order valence-electron chi connectivity index (χ3n) is 4.51. The molecular formula is C16H19NO4. The van der Waals surface area contributed by atoms with E-state index >= 15 is 0 Å². The van der Waals surface area contributed by atoms with Gasteiger partial charge in [-0.25, -0.2) is 0 Å². The molecule has 1 saturated heterocycles. The Morgan fingerprint density at radius 2 is 2.10 bits per heavy atom. The van der Waals surface area contributed by atoms with Gasteiger partial charge in [-0.3, -0.25) is 9.59 Å². The van der Waals surface area contributed by atoms with Crippen molar-refractivity contribution in [2.24, 2.45) is 5.92 Å². The smallest absolute Gasteiger partial charge is 0.306 e. The minimum atomic E-state index is -0.761. The minimum Gasteiger partial charge on any atom is -0.492 e.